The van der Waals surface area contributed by atoms with E-state index < -0.39 is 23.4 Å². The molecule has 6 nitrogen and oxygen atoms in total. The Balaban J connectivity index is 1.60. The molecule has 3 aliphatic heterocycles. The number of nitrogens with zero attached hydrogens (tertiary/aromatic N) is 2. The van der Waals surface area contributed by atoms with E-state index in [0.717, 1.165) is 22.2 Å². The van der Waals surface area contributed by atoms with Crippen LogP contribution >= 0.6 is 0 Å². The number of benzene rings is 1. The van der Waals surface area contributed by atoms with Gasteiger partial charge in [0.15, 0.2) is 5.60 Å². The van der Waals surface area contributed by atoms with Gasteiger partial charge < -0.3 is 14.7 Å². The zero-order valence-electron chi connectivity index (χ0n) is 14.5. The van der Waals surface area contributed by atoms with E-state index in [-0.39, 0.29) is 25.0 Å². The molecular weight excluding hydrogens is 332 g/mol. The van der Waals surface area contributed by atoms with Crippen LogP contribution in [-0.4, -0.2) is 39.1 Å². The Hall–Kier alpha value is -2.47. The number of hydrogen-bond acceptors (Lipinski definition) is 5. The predicted octanol–water partition coefficient (Wildman–Crippen LogP) is 1.95. The standard InChI is InChI=1S/C20H20N2O4/c1-2-20(25)14-8-16-17-12(7-11-5-3-4-6-15(11)21-17)9-22(16)18(23)13(14)10-26-19(20)24/h3-7,13-14,16,25H,2,8-10H2,1H3. The molecule has 1 aromatic heterocycles. The van der Waals surface area contributed by atoms with E-state index >= 15 is 0 Å². The number of fused-ring (bicyclic) bond motifs is 5. The summed E-state index contributed by atoms with van der Waals surface area (Å²) >= 11 is 0. The van der Waals surface area contributed by atoms with Crippen LogP contribution in [0.1, 0.15) is 37.1 Å². The minimum atomic E-state index is -1.59. The first-order valence-corrected chi connectivity index (χ1v) is 9.11. The number of aromatic nitrogens is 1. The topological polar surface area (TPSA) is 79.7 Å². The summed E-state index contributed by atoms with van der Waals surface area (Å²) in [4.78, 5) is 32.0. The lowest BCUT2D eigenvalue weighted by Gasteiger charge is -2.48. The van der Waals surface area contributed by atoms with Crippen molar-refractivity contribution in [1.29, 1.82) is 0 Å². The molecule has 0 spiro atoms. The molecule has 26 heavy (non-hydrogen) atoms. The van der Waals surface area contributed by atoms with Crippen LogP contribution in [0, 0.1) is 11.8 Å². The molecule has 4 heterocycles. The third-order valence-corrected chi connectivity index (χ3v) is 6.33. The molecule has 1 aromatic carbocycles. The van der Waals surface area contributed by atoms with Crippen LogP contribution in [0.4, 0.5) is 0 Å². The highest BCUT2D eigenvalue weighted by atomic mass is 16.6. The SMILES string of the molecule is CCC1(O)C(=O)OCC2C(=O)N3Cc4cc5ccccc5nc4C3CC21. The van der Waals surface area contributed by atoms with Crippen LogP contribution < -0.4 is 0 Å². The number of esters is 1. The van der Waals surface area contributed by atoms with Crippen molar-refractivity contribution in [3.63, 3.8) is 0 Å². The van der Waals surface area contributed by atoms with Crippen LogP contribution in [0.25, 0.3) is 10.9 Å². The highest BCUT2D eigenvalue weighted by Crippen LogP contribution is 2.50. The fourth-order valence-corrected chi connectivity index (χ4v) is 4.85. The number of hydrogen-bond donors (Lipinski definition) is 1. The molecule has 0 saturated carbocycles. The van der Waals surface area contributed by atoms with Crippen LogP contribution in [0.5, 0.6) is 0 Å². The summed E-state index contributed by atoms with van der Waals surface area (Å²) in [6.07, 6.45) is 0.777. The van der Waals surface area contributed by atoms with Gasteiger partial charge in [-0.2, -0.15) is 0 Å². The number of aliphatic hydroxyl groups is 1. The van der Waals surface area contributed by atoms with Gasteiger partial charge in [-0.15, -0.1) is 0 Å². The van der Waals surface area contributed by atoms with Crippen molar-refractivity contribution in [2.24, 2.45) is 11.8 Å². The second-order valence-corrected chi connectivity index (χ2v) is 7.53. The lowest BCUT2D eigenvalue weighted by atomic mass is 9.69. The molecule has 134 valence electrons. The van der Waals surface area contributed by atoms with Gasteiger partial charge in [0, 0.05) is 17.8 Å². The number of ether oxygens (including phenoxy) is 1. The van der Waals surface area contributed by atoms with Crippen LogP contribution in [-0.2, 0) is 20.9 Å². The first-order chi connectivity index (χ1) is 12.5. The van der Waals surface area contributed by atoms with Crippen LogP contribution in [0.3, 0.4) is 0 Å². The second-order valence-electron chi connectivity index (χ2n) is 7.53. The molecule has 0 radical (unpaired) electrons. The zero-order valence-corrected chi connectivity index (χ0v) is 14.5. The maximum Gasteiger partial charge on any atom is 0.338 e. The number of carbonyl (C=O) groups is 2. The normalized spacial score (nSPS) is 32.8. The quantitative estimate of drug-likeness (QED) is 0.794. The average Bonchev–Trinajstić information content (AvgIpc) is 3.01. The summed E-state index contributed by atoms with van der Waals surface area (Å²) < 4.78 is 5.16. The molecule has 4 unspecified atom stereocenters. The molecule has 6 heteroatoms. The Labute approximate surface area is 150 Å². The van der Waals surface area contributed by atoms with Gasteiger partial charge in [-0.25, -0.2) is 4.79 Å². The fourth-order valence-electron chi connectivity index (χ4n) is 4.85. The number of rotatable bonds is 1. The van der Waals surface area contributed by atoms with Crippen molar-refractivity contribution in [1.82, 2.24) is 9.88 Å². The van der Waals surface area contributed by atoms with Gasteiger partial charge in [-0.3, -0.25) is 9.78 Å². The smallest absolute Gasteiger partial charge is 0.338 e. The maximum absolute atomic E-state index is 13.1. The van der Waals surface area contributed by atoms with Gasteiger partial charge in [0.05, 0.1) is 23.2 Å². The number of para-hydroxylation sites is 1. The average molecular weight is 352 g/mol. The van der Waals surface area contributed by atoms with E-state index in [4.69, 9.17) is 9.72 Å². The molecule has 0 bridgehead atoms. The fraction of sp³-hybridized carbons (Fsp3) is 0.450. The minimum Gasteiger partial charge on any atom is -0.463 e. The first-order valence-electron chi connectivity index (χ1n) is 9.11. The summed E-state index contributed by atoms with van der Waals surface area (Å²) in [7, 11) is 0. The van der Waals surface area contributed by atoms with Gasteiger partial charge in [0.2, 0.25) is 5.91 Å². The Morgan fingerprint density at radius 1 is 1.35 bits per heavy atom. The van der Waals surface area contributed by atoms with Crippen LogP contribution in [0.2, 0.25) is 0 Å². The lowest BCUT2D eigenvalue weighted by molar-refractivity contribution is -0.202. The predicted molar refractivity (Wildman–Crippen MR) is 92.8 cm³/mol. The summed E-state index contributed by atoms with van der Waals surface area (Å²) in [6.45, 7) is 2.34. The molecule has 2 aromatic rings. The summed E-state index contributed by atoms with van der Waals surface area (Å²) in [5.41, 5.74) is 1.25. The minimum absolute atomic E-state index is 0.0484. The van der Waals surface area contributed by atoms with E-state index in [9.17, 15) is 14.7 Å². The van der Waals surface area contributed by atoms with E-state index in [1.165, 1.54) is 0 Å². The number of pyridine rings is 1. The van der Waals surface area contributed by atoms with Crippen molar-refractivity contribution >= 4 is 22.8 Å². The van der Waals surface area contributed by atoms with Crippen molar-refractivity contribution in [3.05, 3.63) is 41.6 Å². The molecule has 5 rings (SSSR count). The van der Waals surface area contributed by atoms with Gasteiger partial charge in [0.1, 0.15) is 6.61 Å². The molecule has 1 amide bonds. The Bertz CT molecular complexity index is 943. The summed E-state index contributed by atoms with van der Waals surface area (Å²) in [6, 6.07) is 9.82. The zero-order chi connectivity index (χ0) is 18.1. The van der Waals surface area contributed by atoms with E-state index in [1.807, 2.05) is 29.2 Å². The molecule has 2 saturated heterocycles. The molecule has 1 N–H and O–H groups in total. The molecule has 4 atom stereocenters. The lowest BCUT2D eigenvalue weighted by Crippen LogP contribution is -2.61. The Morgan fingerprint density at radius 3 is 2.96 bits per heavy atom. The number of cyclic esters (lactones) is 1. The largest absolute Gasteiger partial charge is 0.463 e. The summed E-state index contributed by atoms with van der Waals surface area (Å²) in [5, 5.41) is 12.0. The third kappa shape index (κ3) is 1.93. The van der Waals surface area contributed by atoms with Gasteiger partial charge in [-0.05, 0) is 30.5 Å². The highest BCUT2D eigenvalue weighted by Gasteiger charge is 2.59. The Morgan fingerprint density at radius 2 is 2.15 bits per heavy atom. The monoisotopic (exact) mass is 352 g/mol. The van der Waals surface area contributed by atoms with E-state index in [0.29, 0.717) is 13.0 Å². The maximum atomic E-state index is 13.1. The molecule has 0 aliphatic carbocycles. The molecule has 3 aliphatic rings. The number of piperidine rings is 1. The molecule has 2 fully saturated rings. The van der Waals surface area contributed by atoms with Gasteiger partial charge in [-0.1, -0.05) is 25.1 Å². The van der Waals surface area contributed by atoms with E-state index in [2.05, 4.69) is 6.07 Å². The highest BCUT2D eigenvalue weighted by molar-refractivity contribution is 5.88. The van der Waals surface area contributed by atoms with Crippen molar-refractivity contribution in [2.45, 2.75) is 38.0 Å². The second kappa shape index (κ2) is 5.27. The number of amides is 1. The summed E-state index contributed by atoms with van der Waals surface area (Å²) in [5.74, 6) is -1.56. The van der Waals surface area contributed by atoms with Crippen LogP contribution in [0.15, 0.2) is 30.3 Å². The van der Waals surface area contributed by atoms with E-state index in [1.54, 1.807) is 6.92 Å². The first kappa shape index (κ1) is 15.8. The number of carbonyl (C=O) groups excluding carboxylic acids is 2. The molecular formula is C20H20N2O4. The van der Waals surface area contributed by atoms with Gasteiger partial charge >= 0.3 is 5.97 Å². The van der Waals surface area contributed by atoms with Crippen molar-refractivity contribution < 1.29 is 19.4 Å². The Kier molecular flexibility index (Phi) is 3.19. The van der Waals surface area contributed by atoms with Gasteiger partial charge in [0.25, 0.3) is 0 Å². The van der Waals surface area contributed by atoms with Crippen molar-refractivity contribution in [2.75, 3.05) is 6.61 Å². The van der Waals surface area contributed by atoms with Crippen molar-refractivity contribution in [3.8, 4) is 0 Å². The third-order valence-electron chi connectivity index (χ3n) is 6.33.